The molecular weight excluding hydrogens is 232 g/mol. The Hall–Kier alpha value is -2.55. The Morgan fingerprint density at radius 1 is 1.50 bits per heavy atom. The number of hydrogen-bond donors (Lipinski definition) is 0. The number of nitrogens with zero attached hydrogens (tertiary/aromatic N) is 4. The van der Waals surface area contributed by atoms with Crippen LogP contribution in [0.4, 0.5) is 0 Å². The van der Waals surface area contributed by atoms with Crippen molar-refractivity contribution < 1.29 is 4.74 Å². The number of ether oxygens (including phenoxy) is 1. The number of rotatable bonds is 4. The van der Waals surface area contributed by atoms with Crippen LogP contribution in [0.15, 0.2) is 35.4 Å². The van der Waals surface area contributed by atoms with E-state index in [4.69, 9.17) is 10.00 Å². The number of benzene rings is 1. The monoisotopic (exact) mass is 244 g/mol. The largest absolute Gasteiger partial charge is 0.492 e. The van der Waals surface area contributed by atoms with Gasteiger partial charge in [0.25, 0.3) is 0 Å². The van der Waals surface area contributed by atoms with E-state index in [-0.39, 0.29) is 5.69 Å². The molecule has 2 aromatic rings. The molecule has 92 valence electrons. The second-order valence-electron chi connectivity index (χ2n) is 3.74. The quantitative estimate of drug-likeness (QED) is 0.786. The van der Waals surface area contributed by atoms with E-state index in [1.807, 2.05) is 6.07 Å². The molecule has 6 heteroatoms. The summed E-state index contributed by atoms with van der Waals surface area (Å²) in [7, 11) is 1.64. The van der Waals surface area contributed by atoms with Gasteiger partial charge >= 0.3 is 5.69 Å². The second-order valence-corrected chi connectivity index (χ2v) is 3.74. The fraction of sp³-hybridized carbons (Fsp3) is 0.250. The molecule has 0 saturated carbocycles. The van der Waals surface area contributed by atoms with Gasteiger partial charge in [-0.05, 0) is 18.2 Å². The second kappa shape index (κ2) is 5.19. The first kappa shape index (κ1) is 11.9. The summed E-state index contributed by atoms with van der Waals surface area (Å²) >= 11 is 0. The van der Waals surface area contributed by atoms with Gasteiger partial charge < -0.3 is 4.74 Å². The summed E-state index contributed by atoms with van der Waals surface area (Å²) in [4.78, 5) is 11.5. The van der Waals surface area contributed by atoms with Crippen molar-refractivity contribution in [2.24, 2.45) is 7.05 Å². The maximum absolute atomic E-state index is 11.5. The minimum atomic E-state index is -0.177. The Balaban J connectivity index is 1.95. The first-order valence-corrected chi connectivity index (χ1v) is 5.42. The molecule has 0 saturated heterocycles. The minimum absolute atomic E-state index is 0.177. The van der Waals surface area contributed by atoms with Crippen LogP contribution in [-0.2, 0) is 13.6 Å². The van der Waals surface area contributed by atoms with Crippen LogP contribution >= 0.6 is 0 Å². The number of hydrogen-bond acceptors (Lipinski definition) is 4. The van der Waals surface area contributed by atoms with Gasteiger partial charge in [-0.3, -0.25) is 4.57 Å². The van der Waals surface area contributed by atoms with Crippen molar-refractivity contribution in [2.75, 3.05) is 6.61 Å². The molecule has 1 aromatic carbocycles. The lowest BCUT2D eigenvalue weighted by molar-refractivity contribution is 0.288. The van der Waals surface area contributed by atoms with Crippen LogP contribution in [0.2, 0.25) is 0 Å². The maximum atomic E-state index is 11.5. The van der Waals surface area contributed by atoms with Gasteiger partial charge in [0.2, 0.25) is 0 Å². The molecule has 0 aliphatic heterocycles. The SMILES string of the molecule is Cn1cnn(CCOc2cccc(C#N)c2)c1=O. The maximum Gasteiger partial charge on any atom is 0.345 e. The molecule has 0 aliphatic carbocycles. The molecule has 0 aliphatic rings. The molecule has 0 amide bonds. The fourth-order valence-electron chi connectivity index (χ4n) is 1.48. The standard InChI is InChI=1S/C12H12N4O2/c1-15-9-14-16(12(15)17)5-6-18-11-4-2-3-10(7-11)8-13/h2-4,7,9H,5-6H2,1H3. The highest BCUT2D eigenvalue weighted by molar-refractivity contribution is 5.36. The molecule has 0 spiro atoms. The summed E-state index contributed by atoms with van der Waals surface area (Å²) in [5, 5.41) is 12.7. The topological polar surface area (TPSA) is 72.8 Å². The zero-order valence-electron chi connectivity index (χ0n) is 9.91. The van der Waals surface area contributed by atoms with Gasteiger partial charge in [-0.1, -0.05) is 6.07 Å². The third-order valence-corrected chi connectivity index (χ3v) is 2.42. The predicted octanol–water partition coefficient (Wildman–Crippen LogP) is 0.532. The van der Waals surface area contributed by atoms with E-state index in [2.05, 4.69) is 5.10 Å². The molecule has 1 aromatic heterocycles. The summed E-state index contributed by atoms with van der Waals surface area (Å²) in [6.45, 7) is 0.697. The third kappa shape index (κ3) is 2.58. The molecule has 0 atom stereocenters. The van der Waals surface area contributed by atoms with Crippen LogP contribution in [0, 0.1) is 11.3 Å². The lowest BCUT2D eigenvalue weighted by atomic mass is 10.2. The molecule has 0 N–H and O–H groups in total. The molecule has 2 rings (SSSR count). The van der Waals surface area contributed by atoms with Gasteiger partial charge in [0.05, 0.1) is 18.2 Å². The van der Waals surface area contributed by atoms with E-state index in [0.29, 0.717) is 24.5 Å². The smallest absolute Gasteiger partial charge is 0.345 e. The third-order valence-electron chi connectivity index (χ3n) is 2.42. The van der Waals surface area contributed by atoms with Gasteiger partial charge in [-0.15, -0.1) is 0 Å². The summed E-state index contributed by atoms with van der Waals surface area (Å²) < 4.78 is 8.18. The first-order chi connectivity index (χ1) is 8.70. The zero-order chi connectivity index (χ0) is 13.0. The number of aryl methyl sites for hydroxylation is 1. The van der Waals surface area contributed by atoms with Crippen LogP contribution < -0.4 is 10.4 Å². The molecule has 0 radical (unpaired) electrons. The van der Waals surface area contributed by atoms with Crippen molar-refractivity contribution in [3.63, 3.8) is 0 Å². The average Bonchev–Trinajstić information content (AvgIpc) is 2.71. The minimum Gasteiger partial charge on any atom is -0.492 e. The van der Waals surface area contributed by atoms with E-state index in [0.717, 1.165) is 0 Å². The molecule has 1 heterocycles. The summed E-state index contributed by atoms with van der Waals surface area (Å²) in [6.07, 6.45) is 1.46. The Kier molecular flexibility index (Phi) is 3.44. The van der Waals surface area contributed by atoms with Crippen LogP contribution in [0.25, 0.3) is 0 Å². The van der Waals surface area contributed by atoms with Gasteiger partial charge in [0.15, 0.2) is 0 Å². The molecule has 0 fully saturated rings. The Morgan fingerprint density at radius 3 is 3.00 bits per heavy atom. The van der Waals surface area contributed by atoms with Gasteiger partial charge in [-0.25, -0.2) is 9.48 Å². The first-order valence-electron chi connectivity index (χ1n) is 5.42. The normalized spacial score (nSPS) is 10.0. The van der Waals surface area contributed by atoms with Gasteiger partial charge in [0, 0.05) is 7.05 Å². The van der Waals surface area contributed by atoms with E-state index < -0.39 is 0 Å². The van der Waals surface area contributed by atoms with E-state index >= 15 is 0 Å². The highest BCUT2D eigenvalue weighted by Crippen LogP contribution is 2.12. The molecule has 0 unspecified atom stereocenters. The predicted molar refractivity (Wildman–Crippen MR) is 64.1 cm³/mol. The number of aromatic nitrogens is 3. The highest BCUT2D eigenvalue weighted by atomic mass is 16.5. The zero-order valence-corrected chi connectivity index (χ0v) is 9.91. The van der Waals surface area contributed by atoms with Gasteiger partial charge in [-0.2, -0.15) is 10.4 Å². The van der Waals surface area contributed by atoms with Crippen molar-refractivity contribution in [2.45, 2.75) is 6.54 Å². The van der Waals surface area contributed by atoms with Crippen LogP contribution in [0.5, 0.6) is 5.75 Å². The highest BCUT2D eigenvalue weighted by Gasteiger charge is 2.01. The van der Waals surface area contributed by atoms with Crippen molar-refractivity contribution in [1.82, 2.24) is 14.3 Å². The lowest BCUT2D eigenvalue weighted by Gasteiger charge is -2.05. The summed E-state index contributed by atoms with van der Waals surface area (Å²) in [6, 6.07) is 8.91. The van der Waals surface area contributed by atoms with Crippen LogP contribution in [-0.4, -0.2) is 21.0 Å². The van der Waals surface area contributed by atoms with Crippen LogP contribution in [0.1, 0.15) is 5.56 Å². The van der Waals surface area contributed by atoms with Crippen molar-refractivity contribution in [3.05, 3.63) is 46.6 Å². The van der Waals surface area contributed by atoms with Crippen molar-refractivity contribution >= 4 is 0 Å². The van der Waals surface area contributed by atoms with Crippen molar-refractivity contribution in [1.29, 1.82) is 5.26 Å². The Labute approximate surface area is 104 Å². The fourth-order valence-corrected chi connectivity index (χ4v) is 1.48. The van der Waals surface area contributed by atoms with Crippen molar-refractivity contribution in [3.8, 4) is 11.8 Å². The van der Waals surface area contributed by atoms with E-state index in [1.165, 1.54) is 15.6 Å². The van der Waals surface area contributed by atoms with E-state index in [1.54, 1.807) is 31.3 Å². The molecule has 0 bridgehead atoms. The number of nitriles is 1. The van der Waals surface area contributed by atoms with Gasteiger partial charge in [0.1, 0.15) is 18.7 Å². The molecular formula is C12H12N4O2. The lowest BCUT2D eigenvalue weighted by Crippen LogP contribution is -2.25. The Bertz CT molecular complexity index is 636. The summed E-state index contributed by atoms with van der Waals surface area (Å²) in [5.41, 5.74) is 0.367. The van der Waals surface area contributed by atoms with Crippen LogP contribution in [0.3, 0.4) is 0 Å². The van der Waals surface area contributed by atoms with E-state index in [9.17, 15) is 4.79 Å². The molecule has 18 heavy (non-hydrogen) atoms. The molecule has 6 nitrogen and oxygen atoms in total. The average molecular weight is 244 g/mol. The Morgan fingerprint density at radius 2 is 2.33 bits per heavy atom. The summed E-state index contributed by atoms with van der Waals surface area (Å²) in [5.74, 6) is 0.609.